The highest BCUT2D eigenvalue weighted by molar-refractivity contribution is 8.76. The van der Waals surface area contributed by atoms with Gasteiger partial charge in [0.2, 0.25) is 0 Å². The molecule has 4 N–H and O–H groups in total. The van der Waals surface area contributed by atoms with Gasteiger partial charge in [0, 0.05) is 37.4 Å². The zero-order chi connectivity index (χ0) is 20.8. The molecule has 0 spiro atoms. The second kappa shape index (κ2) is 15.5. The summed E-state index contributed by atoms with van der Waals surface area (Å²) < 4.78 is 0. The Labute approximate surface area is 176 Å². The van der Waals surface area contributed by atoms with E-state index in [1.165, 1.54) is 19.3 Å². The first-order valence-corrected chi connectivity index (χ1v) is 13.1. The summed E-state index contributed by atoms with van der Waals surface area (Å²) >= 11 is 0. The number of amidine groups is 2. The average Bonchev–Trinajstić information content (AvgIpc) is 2.66. The molecule has 0 heterocycles. The Hall–Kier alpha value is -0.360. The molecule has 4 nitrogen and oxygen atoms in total. The maximum absolute atomic E-state index is 8.36. The average molecular weight is 417 g/mol. The molecule has 0 aromatic carbocycles. The van der Waals surface area contributed by atoms with Gasteiger partial charge in [-0.1, -0.05) is 75.5 Å². The van der Waals surface area contributed by atoms with Gasteiger partial charge in [-0.15, -0.1) is 0 Å². The Morgan fingerprint density at radius 1 is 0.815 bits per heavy atom. The minimum Gasteiger partial charge on any atom is -0.377 e. The number of nitrogens with one attached hydrogen (secondary N) is 4. The molecule has 5 atom stereocenters. The molecule has 0 saturated carbocycles. The van der Waals surface area contributed by atoms with E-state index in [0.29, 0.717) is 35.5 Å². The van der Waals surface area contributed by atoms with Crippen LogP contribution in [0, 0.1) is 34.5 Å². The fourth-order valence-electron chi connectivity index (χ4n) is 3.89. The van der Waals surface area contributed by atoms with Gasteiger partial charge in [0.1, 0.15) is 0 Å². The van der Waals surface area contributed by atoms with Gasteiger partial charge in [-0.25, -0.2) is 0 Å². The summed E-state index contributed by atoms with van der Waals surface area (Å²) in [6, 6.07) is 0.347. The molecule has 0 saturated heterocycles. The maximum Gasteiger partial charge on any atom is 0.0942 e. The van der Waals surface area contributed by atoms with E-state index < -0.39 is 0 Å². The smallest absolute Gasteiger partial charge is 0.0942 e. The third-order valence-corrected chi connectivity index (χ3v) is 8.29. The molecule has 0 aliphatic heterocycles. The monoisotopic (exact) mass is 416 g/mol. The van der Waals surface area contributed by atoms with Crippen LogP contribution >= 0.6 is 21.6 Å². The van der Waals surface area contributed by atoms with Gasteiger partial charge < -0.3 is 10.6 Å². The molecule has 160 valence electrons. The van der Waals surface area contributed by atoms with Crippen molar-refractivity contribution in [2.75, 3.05) is 18.6 Å². The number of hydrogen-bond acceptors (Lipinski definition) is 4. The van der Waals surface area contributed by atoms with E-state index in [2.05, 4.69) is 52.2 Å². The fourth-order valence-corrected chi connectivity index (χ4v) is 5.91. The first-order chi connectivity index (χ1) is 12.8. The predicted molar refractivity (Wildman–Crippen MR) is 127 cm³/mol. The summed E-state index contributed by atoms with van der Waals surface area (Å²) in [5.74, 6) is 5.90. The van der Waals surface area contributed by atoms with E-state index in [9.17, 15) is 0 Å². The van der Waals surface area contributed by atoms with Crippen LogP contribution in [0.3, 0.4) is 0 Å². The maximum atomic E-state index is 8.36. The lowest BCUT2D eigenvalue weighted by Crippen LogP contribution is -2.44. The Morgan fingerprint density at radius 2 is 1.33 bits per heavy atom. The molecule has 0 amide bonds. The summed E-state index contributed by atoms with van der Waals surface area (Å²) in [5.41, 5.74) is 0. The summed E-state index contributed by atoms with van der Waals surface area (Å²) in [6.07, 6.45) is 5.22. The zero-order valence-corrected chi connectivity index (χ0v) is 20.3. The highest BCUT2D eigenvalue weighted by atomic mass is 33.1. The molecule has 0 aromatic rings. The number of rotatable bonds is 15. The predicted octanol–water partition coefficient (Wildman–Crippen LogP) is 6.03. The standard InChI is InChI=1S/C21H44N4S2/c1-8-15(4)18(10-3)21(16(5)9-2)17(6)25-20(23)12-14-27-26-13-11-19(22)24-7/h15-18,21H,8-14H2,1-7H3,(H2,22,24)(H2,23,25). The second-order valence-corrected chi connectivity index (χ2v) is 10.4. The molecular formula is C21H44N4S2. The van der Waals surface area contributed by atoms with E-state index in [0.717, 1.165) is 30.3 Å². The molecule has 27 heavy (non-hydrogen) atoms. The molecule has 6 heteroatoms. The lowest BCUT2D eigenvalue weighted by molar-refractivity contribution is 0.134. The Bertz CT molecular complexity index is 417. The van der Waals surface area contributed by atoms with E-state index in [4.69, 9.17) is 10.8 Å². The summed E-state index contributed by atoms with van der Waals surface area (Å²) in [6.45, 7) is 14.0. The van der Waals surface area contributed by atoms with Crippen molar-refractivity contribution in [2.24, 2.45) is 23.7 Å². The molecule has 0 aliphatic carbocycles. The Kier molecular flexibility index (Phi) is 15.3. The van der Waals surface area contributed by atoms with Crippen LogP contribution in [0.2, 0.25) is 0 Å². The summed E-state index contributed by atoms with van der Waals surface area (Å²) in [4.78, 5) is 0. The minimum absolute atomic E-state index is 0.347. The molecular weight excluding hydrogens is 372 g/mol. The van der Waals surface area contributed by atoms with Gasteiger partial charge in [-0.05, 0) is 30.6 Å². The first-order valence-electron chi connectivity index (χ1n) is 10.7. The van der Waals surface area contributed by atoms with E-state index in [1.807, 2.05) is 10.8 Å². The van der Waals surface area contributed by atoms with Gasteiger partial charge in [0.05, 0.1) is 11.7 Å². The van der Waals surface area contributed by atoms with Gasteiger partial charge in [-0.2, -0.15) is 0 Å². The third kappa shape index (κ3) is 10.7. The van der Waals surface area contributed by atoms with Crippen molar-refractivity contribution in [1.82, 2.24) is 10.6 Å². The van der Waals surface area contributed by atoms with Crippen LogP contribution in [0.5, 0.6) is 0 Å². The molecule has 0 radical (unpaired) electrons. The van der Waals surface area contributed by atoms with Crippen molar-refractivity contribution in [3.8, 4) is 0 Å². The van der Waals surface area contributed by atoms with Crippen molar-refractivity contribution in [1.29, 1.82) is 10.8 Å². The molecule has 0 bridgehead atoms. The van der Waals surface area contributed by atoms with Crippen molar-refractivity contribution >= 4 is 33.3 Å². The zero-order valence-electron chi connectivity index (χ0n) is 18.7. The van der Waals surface area contributed by atoms with Crippen LogP contribution in [-0.4, -0.2) is 36.3 Å². The van der Waals surface area contributed by atoms with Crippen LogP contribution in [0.1, 0.15) is 73.6 Å². The van der Waals surface area contributed by atoms with Crippen molar-refractivity contribution in [2.45, 2.75) is 79.7 Å². The molecule has 0 aromatic heterocycles. The van der Waals surface area contributed by atoms with Gasteiger partial charge in [0.15, 0.2) is 0 Å². The Morgan fingerprint density at radius 3 is 1.78 bits per heavy atom. The molecule has 0 fully saturated rings. The van der Waals surface area contributed by atoms with Crippen LogP contribution in [0.25, 0.3) is 0 Å². The number of hydrogen-bond donors (Lipinski definition) is 4. The van der Waals surface area contributed by atoms with Crippen LogP contribution in [-0.2, 0) is 0 Å². The topological polar surface area (TPSA) is 71.8 Å². The lowest BCUT2D eigenvalue weighted by atomic mass is 9.70. The second-order valence-electron chi connectivity index (χ2n) is 7.70. The van der Waals surface area contributed by atoms with Gasteiger partial charge in [-0.3, -0.25) is 10.8 Å². The fraction of sp³-hybridized carbons (Fsp3) is 0.905. The largest absolute Gasteiger partial charge is 0.377 e. The highest BCUT2D eigenvalue weighted by Crippen LogP contribution is 2.35. The molecule has 0 rings (SSSR count). The molecule has 5 unspecified atom stereocenters. The molecule has 0 aliphatic rings. The van der Waals surface area contributed by atoms with Crippen molar-refractivity contribution in [3.05, 3.63) is 0 Å². The Balaban J connectivity index is 4.46. The summed E-state index contributed by atoms with van der Waals surface area (Å²) in [7, 11) is 5.41. The normalized spacial score (nSPS) is 16.9. The first kappa shape index (κ1) is 26.6. The van der Waals surface area contributed by atoms with E-state index in [1.54, 1.807) is 17.8 Å². The van der Waals surface area contributed by atoms with Crippen molar-refractivity contribution in [3.63, 3.8) is 0 Å². The minimum atomic E-state index is 0.347. The highest BCUT2D eigenvalue weighted by Gasteiger charge is 2.32. The van der Waals surface area contributed by atoms with Crippen LogP contribution in [0.15, 0.2) is 0 Å². The van der Waals surface area contributed by atoms with Crippen molar-refractivity contribution < 1.29 is 0 Å². The third-order valence-electron chi connectivity index (χ3n) is 5.88. The summed E-state index contributed by atoms with van der Waals surface area (Å²) in [5, 5.41) is 22.3. The SMILES string of the molecule is CCC(C)C(CC)C(C(C)CC)C(C)NC(=N)CCSSCCC(=N)NC. The van der Waals surface area contributed by atoms with E-state index >= 15 is 0 Å². The van der Waals surface area contributed by atoms with Crippen LogP contribution in [0.4, 0.5) is 0 Å². The van der Waals surface area contributed by atoms with Gasteiger partial charge >= 0.3 is 0 Å². The lowest BCUT2D eigenvalue weighted by Gasteiger charge is -2.39. The quantitative estimate of drug-likeness (QED) is 0.114. The van der Waals surface area contributed by atoms with Gasteiger partial charge in [0.25, 0.3) is 0 Å². The van der Waals surface area contributed by atoms with Crippen LogP contribution < -0.4 is 10.6 Å². The van der Waals surface area contributed by atoms with E-state index in [-0.39, 0.29) is 0 Å².